The number of nitrogens with zero attached hydrogens (tertiary/aromatic N) is 2. The fraction of sp³-hybridized carbons (Fsp3) is 0.600. The van der Waals surface area contributed by atoms with Gasteiger partial charge in [0.2, 0.25) is 0 Å². The number of anilines is 1. The first-order chi connectivity index (χ1) is 20.9. The Morgan fingerprint density at radius 1 is 1.16 bits per heavy atom. The molecule has 4 aliphatic rings. The van der Waals surface area contributed by atoms with Crippen LogP contribution in [-0.2, 0) is 21.5 Å². The van der Waals surface area contributed by atoms with E-state index < -0.39 is 15.8 Å². The quantitative estimate of drug-likeness (QED) is 0.411. The van der Waals surface area contributed by atoms with Gasteiger partial charge < -0.3 is 19.6 Å². The Morgan fingerprint density at radius 3 is 2.68 bits per heavy atom. The van der Waals surface area contributed by atoms with Crippen molar-refractivity contribution in [2.45, 2.75) is 81.6 Å². The van der Waals surface area contributed by atoms with Crippen LogP contribution in [0.1, 0.15) is 73.9 Å². The highest BCUT2D eigenvalue weighted by atomic mass is 35.5. The van der Waals surface area contributed by atoms with Crippen LogP contribution in [-0.4, -0.2) is 77.2 Å². The summed E-state index contributed by atoms with van der Waals surface area (Å²) in [7, 11) is 1.16. The van der Waals surface area contributed by atoms with Crippen molar-refractivity contribution < 1.29 is 18.8 Å². The predicted molar refractivity (Wildman–Crippen MR) is 181 cm³/mol. The molecule has 6 rings (SSSR count). The summed E-state index contributed by atoms with van der Waals surface area (Å²) < 4.78 is 23.3. The van der Waals surface area contributed by atoms with Gasteiger partial charge in [0, 0.05) is 40.4 Å². The number of nitrogens with one attached hydrogen (secondary N) is 1. The number of hydrogen-bond donors (Lipinski definition) is 2. The Balaban J connectivity index is 1.42. The normalized spacial score (nSPS) is 36.0. The highest BCUT2D eigenvalue weighted by Gasteiger charge is 2.45. The van der Waals surface area contributed by atoms with Gasteiger partial charge in [-0.25, -0.2) is 4.21 Å². The number of ether oxygens (including phenoxy) is 1. The van der Waals surface area contributed by atoms with Crippen LogP contribution in [0.15, 0.2) is 36.4 Å². The number of aryl methyl sites for hydroxylation is 1. The molecule has 240 valence electrons. The van der Waals surface area contributed by atoms with Gasteiger partial charge in [-0.1, -0.05) is 24.6 Å². The van der Waals surface area contributed by atoms with Crippen molar-refractivity contribution in [3.63, 3.8) is 0 Å². The zero-order valence-electron chi connectivity index (χ0n) is 26.6. The summed E-state index contributed by atoms with van der Waals surface area (Å²) >= 11 is 6.43. The van der Waals surface area contributed by atoms with Crippen molar-refractivity contribution >= 4 is 38.8 Å². The third-order valence-corrected chi connectivity index (χ3v) is 13.7. The fourth-order valence-corrected chi connectivity index (χ4v) is 9.82. The van der Waals surface area contributed by atoms with E-state index in [1.54, 1.807) is 6.07 Å². The number of rotatable bonds is 1. The number of hydrogen-bond acceptors (Lipinski definition) is 6. The lowest BCUT2D eigenvalue weighted by Crippen LogP contribution is -2.50. The first-order valence-electron chi connectivity index (χ1n) is 16.2. The number of halogens is 1. The average Bonchev–Trinajstić information content (AvgIpc) is 3.10. The van der Waals surface area contributed by atoms with E-state index in [1.165, 1.54) is 11.1 Å². The highest BCUT2D eigenvalue weighted by molar-refractivity contribution is 7.99. The minimum atomic E-state index is -2.94. The smallest absolute Gasteiger partial charge is 0.262 e. The zero-order valence-corrected chi connectivity index (χ0v) is 28.1. The first-order valence-corrected chi connectivity index (χ1v) is 18.4. The molecule has 1 spiro atoms. The Bertz CT molecular complexity index is 1510. The predicted octanol–water partition coefficient (Wildman–Crippen LogP) is 5.31. The number of carbonyl (C=O) groups is 1. The first kappa shape index (κ1) is 31.7. The second-order valence-corrected chi connectivity index (χ2v) is 17.1. The minimum absolute atomic E-state index is 0.0328. The van der Waals surface area contributed by atoms with Crippen LogP contribution in [0.3, 0.4) is 0 Å². The van der Waals surface area contributed by atoms with Gasteiger partial charge in [-0.3, -0.25) is 9.52 Å². The van der Waals surface area contributed by atoms with E-state index in [-0.39, 0.29) is 34.4 Å². The highest BCUT2D eigenvalue weighted by Crippen LogP contribution is 2.47. The maximum atomic E-state index is 13.9. The number of aliphatic hydroxyl groups excluding tert-OH is 1. The number of carbonyl (C=O) groups excluding carboxylic acids is 1. The van der Waals surface area contributed by atoms with Crippen LogP contribution in [0, 0.1) is 17.8 Å². The number of aliphatic hydroxyl groups is 1. The van der Waals surface area contributed by atoms with E-state index in [1.807, 2.05) is 25.1 Å². The Morgan fingerprint density at radius 2 is 1.95 bits per heavy atom. The standard InChI is InChI=1S/C35H48ClN3O4S/c1-22-15-28(38(3)4)18-32(40)29-11-8-26(29)19-39-20-35(14-6-7-24-16-27(36)10-12-30(24)35)21-43-33-13-9-25(17-31(33)39)34(41)37-44(5,42)23(22)2/h9-10,12-13,16-17,22-23,26,28-29,32,40H,5-8,11,14-15,18-21H2,1-4H3,(H,37,41,42)/t22-,23+,26-,28-,29+,32+,35-,44?/m0/s1. The van der Waals surface area contributed by atoms with Gasteiger partial charge >= 0.3 is 0 Å². The molecule has 2 heterocycles. The van der Waals surface area contributed by atoms with E-state index in [0.717, 1.165) is 68.1 Å². The van der Waals surface area contributed by atoms with Gasteiger partial charge in [-0.2, -0.15) is 0 Å². The van der Waals surface area contributed by atoms with Crippen LogP contribution >= 0.6 is 11.6 Å². The van der Waals surface area contributed by atoms with E-state index in [9.17, 15) is 14.1 Å². The Kier molecular flexibility index (Phi) is 8.76. The van der Waals surface area contributed by atoms with Gasteiger partial charge in [0.05, 0.1) is 28.1 Å². The maximum absolute atomic E-state index is 13.9. The van der Waals surface area contributed by atoms with E-state index in [0.29, 0.717) is 24.5 Å². The molecular formula is C35H48ClN3O4S. The molecule has 2 aromatic carbocycles. The summed E-state index contributed by atoms with van der Waals surface area (Å²) in [6.45, 7) is 6.06. The Labute approximate surface area is 268 Å². The summed E-state index contributed by atoms with van der Waals surface area (Å²) in [5.41, 5.74) is 3.69. The molecule has 0 radical (unpaired) electrons. The lowest BCUT2D eigenvalue weighted by atomic mass is 9.67. The molecule has 2 aliphatic heterocycles. The molecule has 9 heteroatoms. The maximum Gasteiger partial charge on any atom is 0.262 e. The number of benzene rings is 2. The van der Waals surface area contributed by atoms with Crippen molar-refractivity contribution in [3.8, 4) is 5.75 Å². The van der Waals surface area contributed by atoms with Crippen LogP contribution in [0.25, 0.3) is 0 Å². The minimum Gasteiger partial charge on any atom is -0.490 e. The van der Waals surface area contributed by atoms with Gasteiger partial charge in [0.1, 0.15) is 5.75 Å². The molecule has 44 heavy (non-hydrogen) atoms. The molecule has 2 N–H and O–H groups in total. The third-order valence-electron chi connectivity index (χ3n) is 11.3. The zero-order chi connectivity index (χ0) is 31.4. The average molecular weight is 642 g/mol. The molecule has 2 aliphatic carbocycles. The lowest BCUT2D eigenvalue weighted by molar-refractivity contribution is -0.00541. The van der Waals surface area contributed by atoms with Gasteiger partial charge in [-0.15, -0.1) is 0 Å². The van der Waals surface area contributed by atoms with Crippen molar-refractivity contribution in [1.82, 2.24) is 9.62 Å². The molecule has 2 bridgehead atoms. The number of fused-ring (bicyclic) bond motifs is 4. The molecule has 0 saturated heterocycles. The summed E-state index contributed by atoms with van der Waals surface area (Å²) in [5.74, 6) is 4.97. The molecule has 1 fully saturated rings. The SMILES string of the molecule is C=S1(=O)NC(=O)c2ccc3c(c2)N(C[C@@H]2CC[C@H]2[C@H](O)C[C@@H](N(C)C)C[C@H](C)[C@H]1C)C[C@@]1(CCCc2cc(Cl)ccc21)CO3. The van der Waals surface area contributed by atoms with Crippen LogP contribution < -0.4 is 14.4 Å². The number of amides is 1. The summed E-state index contributed by atoms with van der Waals surface area (Å²) in [4.78, 5) is 18.2. The molecule has 0 aromatic heterocycles. The lowest BCUT2D eigenvalue weighted by Gasteiger charge is -2.46. The van der Waals surface area contributed by atoms with E-state index in [4.69, 9.17) is 16.3 Å². The van der Waals surface area contributed by atoms with Crippen LogP contribution in [0.5, 0.6) is 5.75 Å². The van der Waals surface area contributed by atoms with Crippen molar-refractivity contribution in [2.75, 3.05) is 38.7 Å². The van der Waals surface area contributed by atoms with Crippen LogP contribution in [0.4, 0.5) is 5.69 Å². The van der Waals surface area contributed by atoms with Gasteiger partial charge in [0.15, 0.2) is 0 Å². The molecule has 7 nitrogen and oxygen atoms in total. The summed E-state index contributed by atoms with van der Waals surface area (Å²) in [5, 5.41) is 12.1. The van der Waals surface area contributed by atoms with Crippen molar-refractivity contribution in [2.24, 2.45) is 17.8 Å². The third kappa shape index (κ3) is 6.00. The fourth-order valence-electron chi connectivity index (χ4n) is 8.14. The molecular weight excluding hydrogens is 594 g/mol. The largest absolute Gasteiger partial charge is 0.490 e. The molecule has 1 unspecified atom stereocenters. The molecule has 1 saturated carbocycles. The van der Waals surface area contributed by atoms with Crippen LogP contribution in [0.2, 0.25) is 5.02 Å². The van der Waals surface area contributed by atoms with Crippen molar-refractivity contribution in [1.29, 1.82) is 0 Å². The van der Waals surface area contributed by atoms with Gasteiger partial charge in [-0.05, 0) is 131 Å². The molecule has 8 atom stereocenters. The second-order valence-electron chi connectivity index (χ2n) is 14.3. The summed E-state index contributed by atoms with van der Waals surface area (Å²) in [6, 6.07) is 11.9. The topological polar surface area (TPSA) is 82.1 Å². The van der Waals surface area contributed by atoms with Crippen molar-refractivity contribution in [3.05, 3.63) is 58.1 Å². The monoisotopic (exact) mass is 641 g/mol. The van der Waals surface area contributed by atoms with E-state index >= 15 is 0 Å². The second kappa shape index (κ2) is 12.2. The molecule has 1 amide bonds. The molecule has 2 aromatic rings. The summed E-state index contributed by atoms with van der Waals surface area (Å²) in [6.07, 6.45) is 6.15. The van der Waals surface area contributed by atoms with Gasteiger partial charge in [0.25, 0.3) is 5.91 Å². The van der Waals surface area contributed by atoms with E-state index in [2.05, 4.69) is 53.5 Å². The Hall–Kier alpha value is -2.26.